The lowest BCUT2D eigenvalue weighted by molar-refractivity contribution is -0.347. The van der Waals surface area contributed by atoms with E-state index in [0.29, 0.717) is 5.82 Å². The number of H-pyrrole nitrogens is 2. The molecule has 0 amide bonds. The van der Waals surface area contributed by atoms with Gasteiger partial charge in [-0.05, 0) is 30.4 Å². The van der Waals surface area contributed by atoms with Crippen molar-refractivity contribution in [1.82, 2.24) is 15.0 Å². The summed E-state index contributed by atoms with van der Waals surface area (Å²) in [6, 6.07) is 8.57. The Labute approximate surface area is 116 Å². The van der Waals surface area contributed by atoms with Gasteiger partial charge in [0.2, 0.25) is 11.3 Å². The van der Waals surface area contributed by atoms with Crippen molar-refractivity contribution >= 4 is 17.0 Å². The number of aromatic nitrogens is 4. The molecule has 2 aromatic heterocycles. The second-order valence-corrected chi connectivity index (χ2v) is 5.27. The molecular weight excluding hydrogens is 250 g/mol. The topological polar surface area (TPSA) is 81.7 Å². The van der Waals surface area contributed by atoms with Crippen LogP contribution in [0.3, 0.4) is 0 Å². The Morgan fingerprint density at radius 1 is 1.25 bits per heavy atom. The van der Waals surface area contributed by atoms with Crippen LogP contribution in [0, 0.1) is 0 Å². The van der Waals surface area contributed by atoms with Crippen LogP contribution >= 0.6 is 0 Å². The van der Waals surface area contributed by atoms with Crippen LogP contribution in [0.2, 0.25) is 0 Å². The summed E-state index contributed by atoms with van der Waals surface area (Å²) in [7, 11) is 0. The van der Waals surface area contributed by atoms with Gasteiger partial charge in [-0.1, -0.05) is 29.2 Å². The fourth-order valence-electron chi connectivity index (χ4n) is 3.10. The van der Waals surface area contributed by atoms with Crippen LogP contribution in [0.4, 0.5) is 5.82 Å². The van der Waals surface area contributed by atoms with E-state index in [1.807, 2.05) is 0 Å². The third-order valence-corrected chi connectivity index (χ3v) is 4.06. The molecule has 2 heterocycles. The highest BCUT2D eigenvalue weighted by molar-refractivity contribution is 5.78. The molecule has 20 heavy (non-hydrogen) atoms. The molecular formula is C15H16N5+. The average Bonchev–Trinajstić information content (AvgIpc) is 2.95. The van der Waals surface area contributed by atoms with E-state index < -0.39 is 0 Å². The fourth-order valence-corrected chi connectivity index (χ4v) is 3.10. The largest absolute Gasteiger partial charge is 0.380 e. The number of nitrogen functional groups attached to an aromatic ring is 1. The number of hydrogen-bond acceptors (Lipinski definition) is 3. The van der Waals surface area contributed by atoms with E-state index in [-0.39, 0.29) is 5.92 Å². The van der Waals surface area contributed by atoms with Crippen LogP contribution in [0.25, 0.3) is 11.2 Å². The monoisotopic (exact) mass is 266 g/mol. The van der Waals surface area contributed by atoms with Gasteiger partial charge in [-0.3, -0.25) is 4.98 Å². The number of fused-ring (bicyclic) bond motifs is 2. The zero-order chi connectivity index (χ0) is 13.5. The van der Waals surface area contributed by atoms with E-state index in [0.717, 1.165) is 29.8 Å². The molecule has 4 N–H and O–H groups in total. The molecule has 0 fully saturated rings. The van der Waals surface area contributed by atoms with E-state index in [1.54, 1.807) is 6.33 Å². The highest BCUT2D eigenvalue weighted by atomic mass is 15.0. The fraction of sp³-hybridized carbons (Fsp3) is 0.267. The number of rotatable bonds is 1. The molecule has 5 heteroatoms. The molecule has 100 valence electrons. The van der Waals surface area contributed by atoms with Crippen LogP contribution in [0.1, 0.15) is 35.7 Å². The summed E-state index contributed by atoms with van der Waals surface area (Å²) in [6.45, 7) is 0. The van der Waals surface area contributed by atoms with Crippen LogP contribution in [-0.4, -0.2) is 15.0 Å². The summed E-state index contributed by atoms with van der Waals surface area (Å²) < 4.78 is 0. The van der Waals surface area contributed by atoms with E-state index in [4.69, 9.17) is 5.73 Å². The second-order valence-electron chi connectivity index (χ2n) is 5.27. The van der Waals surface area contributed by atoms with Gasteiger partial charge < -0.3 is 5.73 Å². The highest BCUT2D eigenvalue weighted by Gasteiger charge is 2.27. The molecule has 0 saturated heterocycles. The maximum atomic E-state index is 6.03. The number of imidazole rings is 1. The molecule has 0 aliphatic heterocycles. The molecule has 5 nitrogen and oxygen atoms in total. The molecule has 0 saturated carbocycles. The number of aromatic amines is 2. The minimum atomic E-state index is 0.245. The van der Waals surface area contributed by atoms with E-state index in [1.165, 1.54) is 17.5 Å². The molecule has 0 bridgehead atoms. The normalized spacial score (nSPS) is 18.1. The molecule has 1 aromatic carbocycles. The van der Waals surface area contributed by atoms with Crippen molar-refractivity contribution in [3.63, 3.8) is 0 Å². The summed E-state index contributed by atoms with van der Waals surface area (Å²) in [4.78, 5) is 15.3. The van der Waals surface area contributed by atoms with Crippen LogP contribution < -0.4 is 10.7 Å². The maximum absolute atomic E-state index is 6.03. The van der Waals surface area contributed by atoms with Crippen molar-refractivity contribution in [3.05, 3.63) is 47.5 Å². The summed E-state index contributed by atoms with van der Waals surface area (Å²) in [5.74, 6) is 1.57. The first-order valence-corrected chi connectivity index (χ1v) is 6.93. The summed E-state index contributed by atoms with van der Waals surface area (Å²) in [5, 5.41) is 0. The molecule has 1 aliphatic rings. The SMILES string of the molecule is Nc1nc(C2CCCc3ccccc32)nc2[nH+]c[nH]c12. The van der Waals surface area contributed by atoms with E-state index in [9.17, 15) is 0 Å². The van der Waals surface area contributed by atoms with Gasteiger partial charge >= 0.3 is 5.65 Å². The van der Waals surface area contributed by atoms with Crippen LogP contribution in [0.5, 0.6) is 0 Å². The van der Waals surface area contributed by atoms with Crippen molar-refractivity contribution in [2.75, 3.05) is 5.73 Å². The summed E-state index contributed by atoms with van der Waals surface area (Å²) in [6.07, 6.45) is 5.11. The van der Waals surface area contributed by atoms with Gasteiger partial charge in [0.15, 0.2) is 12.1 Å². The zero-order valence-electron chi connectivity index (χ0n) is 11.1. The van der Waals surface area contributed by atoms with Crippen molar-refractivity contribution in [3.8, 4) is 0 Å². The summed E-state index contributed by atoms with van der Waals surface area (Å²) >= 11 is 0. The quantitative estimate of drug-likeness (QED) is 0.705. The lowest BCUT2D eigenvalue weighted by Crippen LogP contribution is -2.15. The van der Waals surface area contributed by atoms with Crippen molar-refractivity contribution < 1.29 is 4.98 Å². The Morgan fingerprint density at radius 2 is 2.15 bits per heavy atom. The Kier molecular flexibility index (Phi) is 2.45. The Balaban J connectivity index is 1.87. The molecule has 0 radical (unpaired) electrons. The summed E-state index contributed by atoms with van der Waals surface area (Å²) in [5.41, 5.74) is 10.3. The highest BCUT2D eigenvalue weighted by Crippen LogP contribution is 2.35. The van der Waals surface area contributed by atoms with Gasteiger partial charge in [0.05, 0.1) is 5.92 Å². The molecule has 0 spiro atoms. The number of hydrogen-bond donors (Lipinski definition) is 2. The molecule has 1 unspecified atom stereocenters. The van der Waals surface area contributed by atoms with Crippen LogP contribution in [0.15, 0.2) is 30.6 Å². The Hall–Kier alpha value is -2.43. The number of nitrogens with one attached hydrogen (secondary N) is 2. The number of anilines is 1. The van der Waals surface area contributed by atoms with Gasteiger partial charge in [0.1, 0.15) is 0 Å². The zero-order valence-corrected chi connectivity index (χ0v) is 11.1. The minimum Gasteiger partial charge on any atom is -0.380 e. The van der Waals surface area contributed by atoms with Crippen LogP contribution in [-0.2, 0) is 6.42 Å². The lowest BCUT2D eigenvalue weighted by atomic mass is 9.82. The third kappa shape index (κ3) is 1.66. The molecule has 3 aromatic rings. The molecule has 4 rings (SSSR count). The number of nitrogens with two attached hydrogens (primary N) is 1. The molecule has 1 aliphatic carbocycles. The van der Waals surface area contributed by atoms with Gasteiger partial charge in [-0.25, -0.2) is 4.98 Å². The minimum absolute atomic E-state index is 0.245. The first-order chi connectivity index (χ1) is 9.83. The first-order valence-electron chi connectivity index (χ1n) is 6.93. The number of benzene rings is 1. The first kappa shape index (κ1) is 11.4. The van der Waals surface area contributed by atoms with Gasteiger partial charge in [-0.15, -0.1) is 0 Å². The Bertz CT molecular complexity index is 777. The van der Waals surface area contributed by atoms with E-state index in [2.05, 4.69) is 44.2 Å². The van der Waals surface area contributed by atoms with Crippen molar-refractivity contribution in [1.29, 1.82) is 0 Å². The predicted octanol–water partition coefficient (Wildman–Crippen LogP) is 1.82. The van der Waals surface area contributed by atoms with Gasteiger partial charge in [-0.2, -0.15) is 4.98 Å². The average molecular weight is 266 g/mol. The molecule has 1 atom stereocenters. The van der Waals surface area contributed by atoms with E-state index >= 15 is 0 Å². The predicted molar refractivity (Wildman–Crippen MR) is 76.1 cm³/mol. The number of nitrogens with zero attached hydrogens (tertiary/aromatic N) is 2. The second kappa shape index (κ2) is 4.30. The Morgan fingerprint density at radius 3 is 3.10 bits per heavy atom. The standard InChI is InChI=1S/C15H15N5/c16-13-12-15(18-8-17-12)20-14(19-13)11-7-3-5-9-4-1-2-6-10(9)11/h1-2,4,6,8,11H,3,5,7H2,(H3,16,17,18,19,20)/p+1. The number of aryl methyl sites for hydroxylation is 1. The smallest absolute Gasteiger partial charge is 0.305 e. The van der Waals surface area contributed by atoms with Gasteiger partial charge in [0.25, 0.3) is 0 Å². The third-order valence-electron chi connectivity index (χ3n) is 4.06. The van der Waals surface area contributed by atoms with Crippen molar-refractivity contribution in [2.45, 2.75) is 25.2 Å². The van der Waals surface area contributed by atoms with Crippen molar-refractivity contribution in [2.24, 2.45) is 0 Å². The van der Waals surface area contributed by atoms with Gasteiger partial charge in [0, 0.05) is 0 Å². The maximum Gasteiger partial charge on any atom is 0.305 e. The lowest BCUT2D eigenvalue weighted by Gasteiger charge is -2.22.